The maximum absolute atomic E-state index is 3.48. The zero-order chi connectivity index (χ0) is 10.8. The second kappa shape index (κ2) is 3.89. The second-order valence-corrected chi connectivity index (χ2v) is 4.02. The molecule has 2 aromatic rings. The maximum atomic E-state index is 3.48. The molecule has 0 saturated heterocycles. The van der Waals surface area contributed by atoms with Crippen molar-refractivity contribution >= 4 is 11.4 Å². The van der Waals surface area contributed by atoms with E-state index in [1.54, 1.807) is 0 Å². The first-order valence-electron chi connectivity index (χ1n) is 5.57. The molecule has 0 aromatic heterocycles. The van der Waals surface area contributed by atoms with Gasteiger partial charge in [0.25, 0.3) is 0 Å². The van der Waals surface area contributed by atoms with Crippen LogP contribution in [-0.4, -0.2) is 0 Å². The fraction of sp³-hybridized carbons (Fsp3) is 0.143. The van der Waals surface area contributed by atoms with Crippen LogP contribution in [0.1, 0.15) is 11.1 Å². The van der Waals surface area contributed by atoms with E-state index in [1.165, 1.54) is 22.5 Å². The number of benzene rings is 2. The summed E-state index contributed by atoms with van der Waals surface area (Å²) in [7, 11) is 0. The van der Waals surface area contributed by atoms with Crippen LogP contribution >= 0.6 is 0 Å². The Hall–Kier alpha value is -1.96. The van der Waals surface area contributed by atoms with E-state index < -0.39 is 0 Å². The summed E-state index contributed by atoms with van der Waals surface area (Å²) in [5, 5.41) is 6.96. The van der Waals surface area contributed by atoms with Crippen molar-refractivity contribution < 1.29 is 0 Å². The Bertz CT molecular complexity index is 412. The number of hydrogen-bond acceptors (Lipinski definition) is 2. The maximum Gasteiger partial charge on any atom is 0.0421 e. The fourth-order valence-electron chi connectivity index (χ4n) is 2.07. The summed E-state index contributed by atoms with van der Waals surface area (Å²) in [4.78, 5) is 0. The predicted octanol–water partition coefficient (Wildman–Crippen LogP) is 3.22. The first-order chi connectivity index (χ1) is 7.93. The largest absolute Gasteiger partial charge is 0.381 e. The van der Waals surface area contributed by atoms with E-state index >= 15 is 0 Å². The van der Waals surface area contributed by atoms with Gasteiger partial charge in [-0.2, -0.15) is 0 Å². The molecule has 1 heterocycles. The molecule has 0 amide bonds. The molecule has 0 atom stereocenters. The Morgan fingerprint density at radius 1 is 0.625 bits per heavy atom. The number of hydrogen-bond donors (Lipinski definition) is 2. The lowest BCUT2D eigenvalue weighted by Crippen LogP contribution is -2.12. The van der Waals surface area contributed by atoms with Crippen molar-refractivity contribution in [3.8, 4) is 0 Å². The molecule has 1 aliphatic heterocycles. The minimum Gasteiger partial charge on any atom is -0.381 e. The molecule has 0 aliphatic carbocycles. The molecule has 2 N–H and O–H groups in total. The van der Waals surface area contributed by atoms with Gasteiger partial charge in [0.15, 0.2) is 0 Å². The minimum atomic E-state index is 0.875. The number of fused-ring (bicyclic) bond motifs is 2. The lowest BCUT2D eigenvalue weighted by atomic mass is 10.1. The molecule has 2 aromatic carbocycles. The molecule has 0 spiro atoms. The van der Waals surface area contributed by atoms with Gasteiger partial charge in [-0.25, -0.2) is 0 Å². The SMILES string of the molecule is c1ccc2c(c1)CNc1ccccc1CN2. The van der Waals surface area contributed by atoms with Crippen molar-refractivity contribution in [1.82, 2.24) is 0 Å². The topological polar surface area (TPSA) is 24.1 Å². The normalized spacial score (nSPS) is 13.5. The van der Waals surface area contributed by atoms with E-state index in [-0.39, 0.29) is 0 Å². The van der Waals surface area contributed by atoms with Crippen molar-refractivity contribution in [2.45, 2.75) is 13.1 Å². The Kier molecular flexibility index (Phi) is 2.26. The summed E-state index contributed by atoms with van der Waals surface area (Å²) in [6, 6.07) is 16.9. The van der Waals surface area contributed by atoms with Gasteiger partial charge in [0.05, 0.1) is 0 Å². The Labute approximate surface area is 95.3 Å². The highest BCUT2D eigenvalue weighted by Gasteiger charge is 2.08. The lowest BCUT2D eigenvalue weighted by Gasteiger charge is -2.19. The molecule has 0 saturated carbocycles. The van der Waals surface area contributed by atoms with Crippen molar-refractivity contribution in [2.24, 2.45) is 0 Å². The quantitative estimate of drug-likeness (QED) is 0.697. The molecule has 0 unspecified atom stereocenters. The van der Waals surface area contributed by atoms with Crippen LogP contribution in [0.3, 0.4) is 0 Å². The summed E-state index contributed by atoms with van der Waals surface area (Å²) in [6.45, 7) is 1.75. The fourth-order valence-corrected chi connectivity index (χ4v) is 2.07. The highest BCUT2D eigenvalue weighted by Crippen LogP contribution is 2.24. The molecule has 2 heteroatoms. The Balaban J connectivity index is 1.97. The van der Waals surface area contributed by atoms with Gasteiger partial charge in [-0.05, 0) is 23.3 Å². The second-order valence-electron chi connectivity index (χ2n) is 4.02. The molecular weight excluding hydrogens is 196 g/mol. The van der Waals surface area contributed by atoms with Crippen molar-refractivity contribution in [3.05, 3.63) is 59.7 Å². The van der Waals surface area contributed by atoms with Crippen LogP contribution in [0.25, 0.3) is 0 Å². The number of rotatable bonds is 0. The van der Waals surface area contributed by atoms with Crippen LogP contribution in [0.4, 0.5) is 11.4 Å². The molecule has 2 nitrogen and oxygen atoms in total. The monoisotopic (exact) mass is 210 g/mol. The Morgan fingerprint density at radius 3 is 1.56 bits per heavy atom. The van der Waals surface area contributed by atoms with Gasteiger partial charge in [0.2, 0.25) is 0 Å². The average Bonchev–Trinajstić information content (AvgIpc) is 2.32. The number of anilines is 2. The van der Waals surface area contributed by atoms with Crippen molar-refractivity contribution in [3.63, 3.8) is 0 Å². The molecule has 0 fully saturated rings. The molecule has 16 heavy (non-hydrogen) atoms. The third kappa shape index (κ3) is 1.63. The smallest absolute Gasteiger partial charge is 0.0421 e. The predicted molar refractivity (Wildman–Crippen MR) is 67.5 cm³/mol. The summed E-state index contributed by atoms with van der Waals surface area (Å²) < 4.78 is 0. The van der Waals surface area contributed by atoms with Gasteiger partial charge in [0, 0.05) is 24.5 Å². The van der Waals surface area contributed by atoms with E-state index in [2.05, 4.69) is 59.2 Å². The first kappa shape index (κ1) is 9.28. The summed E-state index contributed by atoms with van der Waals surface area (Å²) >= 11 is 0. The minimum absolute atomic E-state index is 0.875. The van der Waals surface area contributed by atoms with E-state index in [4.69, 9.17) is 0 Å². The average molecular weight is 210 g/mol. The van der Waals surface area contributed by atoms with Gasteiger partial charge in [-0.15, -0.1) is 0 Å². The zero-order valence-corrected chi connectivity index (χ0v) is 9.03. The van der Waals surface area contributed by atoms with Gasteiger partial charge in [0.1, 0.15) is 0 Å². The highest BCUT2D eigenvalue weighted by molar-refractivity contribution is 5.59. The van der Waals surface area contributed by atoms with Gasteiger partial charge < -0.3 is 10.6 Å². The van der Waals surface area contributed by atoms with Gasteiger partial charge in [-0.3, -0.25) is 0 Å². The molecule has 3 rings (SSSR count). The van der Waals surface area contributed by atoms with E-state index in [0.29, 0.717) is 0 Å². The summed E-state index contributed by atoms with van der Waals surface area (Å²) in [6.07, 6.45) is 0. The van der Waals surface area contributed by atoms with E-state index in [0.717, 1.165) is 13.1 Å². The van der Waals surface area contributed by atoms with Crippen LogP contribution < -0.4 is 10.6 Å². The van der Waals surface area contributed by atoms with E-state index in [1.807, 2.05) is 0 Å². The van der Waals surface area contributed by atoms with Crippen molar-refractivity contribution in [2.75, 3.05) is 10.6 Å². The van der Waals surface area contributed by atoms with Crippen LogP contribution in [-0.2, 0) is 13.1 Å². The van der Waals surface area contributed by atoms with E-state index in [9.17, 15) is 0 Å². The number of para-hydroxylation sites is 2. The molecule has 0 radical (unpaired) electrons. The lowest BCUT2D eigenvalue weighted by molar-refractivity contribution is 1.05. The summed E-state index contributed by atoms with van der Waals surface area (Å²) in [5.74, 6) is 0. The molecule has 1 aliphatic rings. The van der Waals surface area contributed by atoms with Crippen molar-refractivity contribution in [1.29, 1.82) is 0 Å². The Morgan fingerprint density at radius 2 is 1.06 bits per heavy atom. The van der Waals surface area contributed by atoms with Gasteiger partial charge >= 0.3 is 0 Å². The van der Waals surface area contributed by atoms with Crippen LogP contribution in [0, 0.1) is 0 Å². The van der Waals surface area contributed by atoms with Crippen LogP contribution in [0.2, 0.25) is 0 Å². The number of nitrogens with one attached hydrogen (secondary N) is 2. The summed E-state index contributed by atoms with van der Waals surface area (Å²) in [5.41, 5.74) is 5.09. The molecule has 80 valence electrons. The van der Waals surface area contributed by atoms with Crippen LogP contribution in [0.15, 0.2) is 48.5 Å². The van der Waals surface area contributed by atoms with Crippen LogP contribution in [0.5, 0.6) is 0 Å². The third-order valence-corrected chi connectivity index (χ3v) is 2.97. The zero-order valence-electron chi connectivity index (χ0n) is 9.03. The van der Waals surface area contributed by atoms with Gasteiger partial charge in [-0.1, -0.05) is 36.4 Å². The third-order valence-electron chi connectivity index (χ3n) is 2.97. The standard InChI is InChI=1S/C14H14N2/c1-3-7-13-11(5-1)9-15-14-8-4-2-6-12(14)10-16-13/h1-8,15-16H,9-10H2. The highest BCUT2D eigenvalue weighted by atomic mass is 14.9. The first-order valence-corrected chi connectivity index (χ1v) is 5.57. The molecular formula is C14H14N2. The molecule has 0 bridgehead atoms.